The van der Waals surface area contributed by atoms with E-state index in [9.17, 15) is 4.79 Å². The van der Waals surface area contributed by atoms with Crippen LogP contribution in [0.25, 0.3) is 0 Å². The Hall–Kier alpha value is -0.670. The Morgan fingerprint density at radius 3 is 2.20 bits per heavy atom. The van der Waals surface area contributed by atoms with Crippen molar-refractivity contribution in [3.8, 4) is 0 Å². The third-order valence-electron chi connectivity index (χ3n) is 17.1. The molecule has 15 atom stereocenters. The summed E-state index contributed by atoms with van der Waals surface area (Å²) >= 11 is 0. The molecule has 0 bridgehead atoms. The van der Waals surface area contributed by atoms with Crippen molar-refractivity contribution >= 4 is 5.78 Å². The number of ether oxygens (including phenoxy) is 2. The Labute approximate surface area is 285 Å². The molecule has 4 fully saturated rings. The van der Waals surface area contributed by atoms with E-state index in [2.05, 4.69) is 103 Å². The molecule has 1 heterocycles. The lowest BCUT2D eigenvalue weighted by atomic mass is 9.41. The van der Waals surface area contributed by atoms with Gasteiger partial charge < -0.3 is 9.47 Å². The average molecular weight is 639 g/mol. The third-order valence-corrected chi connectivity index (χ3v) is 17.1. The zero-order valence-electron chi connectivity index (χ0n) is 32.7. The minimum Gasteiger partial charge on any atom is -0.375 e. The summed E-state index contributed by atoms with van der Waals surface area (Å²) in [5.41, 5.74) is 2.19. The molecule has 264 valence electrons. The van der Waals surface area contributed by atoms with Gasteiger partial charge in [-0.3, -0.25) is 4.79 Å². The van der Waals surface area contributed by atoms with Crippen LogP contribution in [-0.2, 0) is 14.3 Å². The Morgan fingerprint density at radius 2 is 1.57 bits per heavy atom. The highest BCUT2D eigenvalue weighted by Crippen LogP contribution is 2.74. The van der Waals surface area contributed by atoms with Crippen LogP contribution in [0, 0.1) is 80.8 Å². The molecule has 1 saturated heterocycles. The Morgan fingerprint density at radius 1 is 0.913 bits per heavy atom. The van der Waals surface area contributed by atoms with E-state index < -0.39 is 0 Å². The first-order chi connectivity index (χ1) is 21.3. The Balaban J connectivity index is 1.32. The lowest BCUT2D eigenvalue weighted by Gasteiger charge is -2.62. The van der Waals surface area contributed by atoms with E-state index >= 15 is 0 Å². The summed E-state index contributed by atoms with van der Waals surface area (Å²) in [7, 11) is 0. The molecule has 5 rings (SSSR count). The minimum absolute atomic E-state index is 0.111. The number of allylic oxidation sites excluding steroid dienone is 2. The molecule has 0 radical (unpaired) electrons. The molecule has 0 spiro atoms. The minimum atomic E-state index is 0.111. The quantitative estimate of drug-likeness (QED) is 0.252. The first-order valence-electron chi connectivity index (χ1n) is 19.9. The van der Waals surface area contributed by atoms with Crippen molar-refractivity contribution in [1.82, 2.24) is 0 Å². The summed E-state index contributed by atoms with van der Waals surface area (Å²) in [5, 5.41) is 0. The van der Waals surface area contributed by atoms with Gasteiger partial charge in [0.25, 0.3) is 0 Å². The van der Waals surface area contributed by atoms with Crippen molar-refractivity contribution in [3.63, 3.8) is 0 Å². The molecule has 3 nitrogen and oxygen atoms in total. The standard InChI is InChI=1S/C43H74O3/c1-15-36-30(8)29(7)31(9)38(46-36)24-45-37(25(2)3)21-28(6)40(10,11)39-17-19-42(13)33-22-35(44)34-20-26(4)27(5)23-41(34,12)32(33)16-18-43(39,42)14/h22,25-32,34,36-39H,15-21,23-24H2,1-14H3/t26-,27+,28-,29?,30?,31?,32?,34+,36?,37+,38?,39-,41-,42+,43-/m1/s1. The molecule has 0 aromatic rings. The van der Waals surface area contributed by atoms with E-state index in [0.717, 1.165) is 19.3 Å². The van der Waals surface area contributed by atoms with Gasteiger partial charge in [-0.25, -0.2) is 0 Å². The van der Waals surface area contributed by atoms with Gasteiger partial charge in [-0.2, -0.15) is 0 Å². The van der Waals surface area contributed by atoms with Gasteiger partial charge >= 0.3 is 0 Å². The second-order valence-corrected chi connectivity index (χ2v) is 19.7. The summed E-state index contributed by atoms with van der Waals surface area (Å²) in [6, 6.07) is 0. The molecule has 0 aromatic heterocycles. The molecule has 5 aliphatic rings. The van der Waals surface area contributed by atoms with E-state index in [1.54, 1.807) is 5.57 Å². The summed E-state index contributed by atoms with van der Waals surface area (Å²) in [5.74, 6) is 6.03. The number of carbonyl (C=O) groups is 1. The topological polar surface area (TPSA) is 35.5 Å². The van der Waals surface area contributed by atoms with Gasteiger partial charge in [-0.05, 0) is 132 Å². The highest BCUT2D eigenvalue weighted by atomic mass is 16.5. The predicted molar refractivity (Wildman–Crippen MR) is 192 cm³/mol. The Kier molecular flexibility index (Phi) is 10.3. The van der Waals surface area contributed by atoms with Crippen molar-refractivity contribution < 1.29 is 14.3 Å². The smallest absolute Gasteiger partial charge is 0.159 e. The van der Waals surface area contributed by atoms with Gasteiger partial charge in [0.15, 0.2) is 5.78 Å². The Bertz CT molecular complexity index is 1130. The summed E-state index contributed by atoms with van der Waals surface area (Å²) < 4.78 is 13.5. The van der Waals surface area contributed by atoms with Gasteiger partial charge in [-0.1, -0.05) is 103 Å². The molecule has 6 unspecified atom stereocenters. The lowest BCUT2D eigenvalue weighted by molar-refractivity contribution is -0.168. The highest BCUT2D eigenvalue weighted by molar-refractivity contribution is 5.94. The van der Waals surface area contributed by atoms with Crippen LogP contribution in [0.3, 0.4) is 0 Å². The van der Waals surface area contributed by atoms with Crippen LogP contribution in [0.2, 0.25) is 0 Å². The van der Waals surface area contributed by atoms with Crippen LogP contribution in [0.15, 0.2) is 11.6 Å². The number of hydrogen-bond donors (Lipinski definition) is 0. The van der Waals surface area contributed by atoms with E-state index in [-0.39, 0.29) is 39.8 Å². The molecule has 0 amide bonds. The summed E-state index contributed by atoms with van der Waals surface area (Å²) in [4.78, 5) is 13.9. The zero-order chi connectivity index (χ0) is 34.1. The van der Waals surface area contributed by atoms with E-state index in [1.807, 2.05) is 0 Å². The molecule has 0 aromatic carbocycles. The van der Waals surface area contributed by atoms with Gasteiger partial charge in [0.1, 0.15) is 0 Å². The fraction of sp³-hybridized carbons (Fsp3) is 0.930. The van der Waals surface area contributed by atoms with Gasteiger partial charge in [0.2, 0.25) is 0 Å². The molecule has 0 N–H and O–H groups in total. The number of hydrogen-bond acceptors (Lipinski definition) is 3. The van der Waals surface area contributed by atoms with Crippen LogP contribution in [0.5, 0.6) is 0 Å². The zero-order valence-corrected chi connectivity index (χ0v) is 32.7. The largest absolute Gasteiger partial charge is 0.375 e. The van der Waals surface area contributed by atoms with E-state index in [0.29, 0.717) is 71.8 Å². The highest BCUT2D eigenvalue weighted by Gasteiger charge is 2.66. The van der Waals surface area contributed by atoms with Crippen molar-refractivity contribution in [3.05, 3.63) is 11.6 Å². The van der Waals surface area contributed by atoms with Crippen LogP contribution in [0.1, 0.15) is 148 Å². The summed E-state index contributed by atoms with van der Waals surface area (Å²) in [6.07, 6.45) is 12.5. The maximum absolute atomic E-state index is 13.9. The van der Waals surface area contributed by atoms with E-state index in [1.165, 1.54) is 32.1 Å². The van der Waals surface area contributed by atoms with Gasteiger partial charge in [0, 0.05) is 5.92 Å². The molecule has 4 aliphatic carbocycles. The predicted octanol–water partition coefficient (Wildman–Crippen LogP) is 11.2. The number of ketones is 1. The van der Waals surface area contributed by atoms with Crippen LogP contribution >= 0.6 is 0 Å². The van der Waals surface area contributed by atoms with Crippen LogP contribution in [-0.4, -0.2) is 30.7 Å². The molecular weight excluding hydrogens is 564 g/mol. The van der Waals surface area contributed by atoms with Crippen LogP contribution in [0.4, 0.5) is 0 Å². The number of fused-ring (bicyclic) bond motifs is 5. The lowest BCUT2D eigenvalue weighted by Crippen LogP contribution is -2.56. The first-order valence-corrected chi connectivity index (χ1v) is 19.9. The fourth-order valence-electron chi connectivity index (χ4n) is 12.5. The summed E-state index contributed by atoms with van der Waals surface area (Å²) in [6.45, 7) is 35.0. The van der Waals surface area contributed by atoms with Crippen molar-refractivity contribution in [2.75, 3.05) is 6.61 Å². The van der Waals surface area contributed by atoms with Crippen LogP contribution < -0.4 is 0 Å². The van der Waals surface area contributed by atoms with Gasteiger partial charge in [0.05, 0.1) is 24.9 Å². The SMILES string of the molecule is CCC1OC(CO[C@@H](C[C@@H](C)C(C)(C)[C@H]2CC[C@@]3(C)C4=CC(=O)[C@@H]5C[C@@H](C)[C@@H](C)C[C@]5(C)C4CC[C@]23C)C(C)C)C(C)C(C)C1C. The maximum Gasteiger partial charge on any atom is 0.159 e. The maximum atomic E-state index is 13.9. The average Bonchev–Trinajstić information content (AvgIpc) is 3.28. The molecule has 46 heavy (non-hydrogen) atoms. The van der Waals surface area contributed by atoms with Crippen molar-refractivity contribution in [2.24, 2.45) is 80.8 Å². The number of rotatable bonds is 9. The number of carbonyl (C=O) groups excluding carboxylic acids is 1. The monoisotopic (exact) mass is 639 g/mol. The molecule has 3 saturated carbocycles. The van der Waals surface area contributed by atoms with Crippen molar-refractivity contribution in [1.29, 1.82) is 0 Å². The molecule has 1 aliphatic heterocycles. The molecule has 3 heteroatoms. The third kappa shape index (κ3) is 5.74. The second-order valence-electron chi connectivity index (χ2n) is 19.7. The molecular formula is C43H74O3. The van der Waals surface area contributed by atoms with E-state index in [4.69, 9.17) is 9.47 Å². The van der Waals surface area contributed by atoms with Gasteiger partial charge in [-0.15, -0.1) is 0 Å². The normalized spacial score (nSPS) is 47.5. The second kappa shape index (κ2) is 12.9. The van der Waals surface area contributed by atoms with Crippen molar-refractivity contribution in [2.45, 2.75) is 167 Å². The fourth-order valence-corrected chi connectivity index (χ4v) is 12.5. The first kappa shape index (κ1) is 36.6.